The molecule has 5 nitrogen and oxygen atoms in total. The number of esters is 1. The molecule has 0 bridgehead atoms. The molecular formula is C43H56NO4. The van der Waals surface area contributed by atoms with Gasteiger partial charge >= 0.3 is 5.97 Å². The van der Waals surface area contributed by atoms with Crippen LogP contribution in [0.15, 0.2) is 53.1 Å². The lowest BCUT2D eigenvalue weighted by Gasteiger charge is -2.72. The molecule has 9 atom stereocenters. The van der Waals surface area contributed by atoms with E-state index >= 15 is 0 Å². The molecule has 5 heteroatoms. The van der Waals surface area contributed by atoms with Gasteiger partial charge in [-0.3, -0.25) is 4.79 Å². The van der Waals surface area contributed by atoms with Crippen LogP contribution in [0.5, 0.6) is 0 Å². The molecule has 48 heavy (non-hydrogen) atoms. The minimum Gasteiger partial charge on any atom is -0.461 e. The molecule has 2 aromatic rings. The van der Waals surface area contributed by atoms with E-state index < -0.39 is 0 Å². The van der Waals surface area contributed by atoms with Gasteiger partial charge in [-0.2, -0.15) is 0 Å². The molecule has 1 radical (unpaired) electrons. The third-order valence-corrected chi connectivity index (χ3v) is 15.8. The van der Waals surface area contributed by atoms with Gasteiger partial charge < -0.3 is 9.26 Å². The van der Waals surface area contributed by atoms with E-state index in [4.69, 9.17) is 9.26 Å². The van der Waals surface area contributed by atoms with Crippen LogP contribution in [-0.4, -0.2) is 24.0 Å². The molecule has 0 unspecified atom stereocenters. The van der Waals surface area contributed by atoms with Crippen LogP contribution < -0.4 is 0 Å². The Morgan fingerprint density at radius 2 is 1.73 bits per heavy atom. The van der Waals surface area contributed by atoms with Crippen molar-refractivity contribution in [3.05, 3.63) is 71.1 Å². The molecular weight excluding hydrogens is 594 g/mol. The maximum absolute atomic E-state index is 13.2. The number of aromatic nitrogens is 1. The second-order valence-corrected chi connectivity index (χ2v) is 17.8. The fourth-order valence-corrected chi connectivity index (χ4v) is 13.3. The highest BCUT2D eigenvalue weighted by Crippen LogP contribution is 2.77. The first-order valence-electron chi connectivity index (χ1n) is 18.7. The molecule has 0 aliphatic heterocycles. The van der Waals surface area contributed by atoms with Crippen molar-refractivity contribution >= 4 is 17.8 Å². The highest BCUT2D eigenvalue weighted by atomic mass is 16.5. The van der Waals surface area contributed by atoms with Crippen LogP contribution in [0.3, 0.4) is 0 Å². The largest absolute Gasteiger partial charge is 0.461 e. The van der Waals surface area contributed by atoms with E-state index in [1.54, 1.807) is 0 Å². The van der Waals surface area contributed by atoms with E-state index in [0.717, 1.165) is 37.0 Å². The Hall–Kier alpha value is -2.95. The predicted molar refractivity (Wildman–Crippen MR) is 190 cm³/mol. The van der Waals surface area contributed by atoms with Gasteiger partial charge in [0.15, 0.2) is 11.5 Å². The lowest BCUT2D eigenvalue weighted by atomic mass is 9.32. The molecule has 0 saturated heterocycles. The van der Waals surface area contributed by atoms with Crippen LogP contribution in [-0.2, 0) is 16.0 Å². The second-order valence-electron chi connectivity index (χ2n) is 17.8. The fraction of sp³-hybridized carbons (Fsp3) is 0.651. The van der Waals surface area contributed by atoms with Gasteiger partial charge in [0, 0.05) is 11.0 Å². The summed E-state index contributed by atoms with van der Waals surface area (Å²) >= 11 is 0. The molecule has 1 heterocycles. The Morgan fingerprint density at radius 1 is 0.979 bits per heavy atom. The van der Waals surface area contributed by atoms with Crippen LogP contribution in [0.4, 0.5) is 0 Å². The van der Waals surface area contributed by atoms with E-state index in [2.05, 4.69) is 66.3 Å². The molecule has 5 aliphatic carbocycles. The first-order chi connectivity index (χ1) is 22.8. The first kappa shape index (κ1) is 33.5. The van der Waals surface area contributed by atoms with Crippen molar-refractivity contribution in [3.63, 3.8) is 0 Å². The Morgan fingerprint density at radius 3 is 2.42 bits per heavy atom. The van der Waals surface area contributed by atoms with Crippen molar-refractivity contribution in [2.75, 3.05) is 6.61 Å². The number of nitrogens with zero attached hydrogens (tertiary/aromatic N) is 1. The van der Waals surface area contributed by atoms with Crippen molar-refractivity contribution in [2.24, 2.45) is 56.7 Å². The Bertz CT molecular complexity index is 1630. The Labute approximate surface area is 288 Å². The lowest BCUT2D eigenvalue weighted by molar-refractivity contribution is -0.228. The van der Waals surface area contributed by atoms with Gasteiger partial charge in [-0.05, 0) is 140 Å². The molecule has 5 aliphatic rings. The van der Waals surface area contributed by atoms with E-state index in [0.29, 0.717) is 53.9 Å². The number of carbonyl (C=O) groups is 1. The molecule has 0 N–H and O–H groups in total. The van der Waals surface area contributed by atoms with Crippen LogP contribution >= 0.6 is 0 Å². The second kappa shape index (κ2) is 11.6. The van der Waals surface area contributed by atoms with Crippen molar-refractivity contribution in [1.29, 1.82) is 0 Å². The standard InChI is InChI=1S/C43H56NO4/c1-9-29-33(25-45)44-48-37(29)32-18-20-40(6)34(39(32,4)5)19-21-42(8)35(40)16-15-31-36-30(27(2)3)17-22-43(36,24-23-41(31,42)7)26-47-38(46)28-13-11-10-12-14-28/h10-14,18,30-31,34-36H,2,9,15-17,19-24,26H2,1,3-8H3/t30-,31+,34-,35+,36+,40-,41+,42+,43+/m0/s1. The number of hydrogen-bond acceptors (Lipinski definition) is 5. The van der Waals surface area contributed by atoms with Gasteiger partial charge in [0.1, 0.15) is 0 Å². The average Bonchev–Trinajstić information content (AvgIpc) is 3.66. The predicted octanol–water partition coefficient (Wildman–Crippen LogP) is 10.2. The monoisotopic (exact) mass is 650 g/mol. The maximum atomic E-state index is 13.2. The van der Waals surface area contributed by atoms with Gasteiger partial charge in [0.05, 0.1) is 12.2 Å². The number of allylic oxidation sites excluding steroid dienone is 3. The zero-order valence-electron chi connectivity index (χ0n) is 30.4. The van der Waals surface area contributed by atoms with Gasteiger partial charge in [-0.25, -0.2) is 4.79 Å². The van der Waals surface area contributed by atoms with Crippen molar-refractivity contribution in [3.8, 4) is 0 Å². The highest BCUT2D eigenvalue weighted by Gasteiger charge is 2.70. The number of hydrogen-bond donors (Lipinski definition) is 0. The molecule has 0 amide bonds. The van der Waals surface area contributed by atoms with Crippen molar-refractivity contribution in [1.82, 2.24) is 5.16 Å². The molecule has 1 aromatic carbocycles. The van der Waals surface area contributed by atoms with Gasteiger partial charge in [-0.1, -0.05) is 83.1 Å². The summed E-state index contributed by atoms with van der Waals surface area (Å²) < 4.78 is 12.1. The van der Waals surface area contributed by atoms with Gasteiger partial charge in [-0.15, -0.1) is 0 Å². The molecule has 7 rings (SSSR count). The molecule has 4 fully saturated rings. The van der Waals surface area contributed by atoms with E-state index in [-0.39, 0.29) is 33.0 Å². The summed E-state index contributed by atoms with van der Waals surface area (Å²) in [5, 5.41) is 4.11. The van der Waals surface area contributed by atoms with Crippen LogP contribution in [0.25, 0.3) is 5.57 Å². The van der Waals surface area contributed by atoms with Crippen molar-refractivity contribution in [2.45, 2.75) is 113 Å². The van der Waals surface area contributed by atoms with E-state index in [1.165, 1.54) is 43.3 Å². The molecule has 0 spiro atoms. The SMILES string of the molecule is C=C(C)[C@@H]1CC[C@]2(COC(=O)c3ccccc3)CC[C@]3(C)[C@H](CC[C@@H]4[C@@]5(C)CC=C(c6onc([C]=O)c6CC)C(C)(C)[C@@H]5CC[C@]43C)[C@@H]12. The Kier molecular flexibility index (Phi) is 8.08. The number of carbonyl (C=O) groups excluding carboxylic acids is 2. The highest BCUT2D eigenvalue weighted by molar-refractivity contribution is 5.89. The molecule has 1 aromatic heterocycles. The number of rotatable bonds is 7. The van der Waals surface area contributed by atoms with Crippen molar-refractivity contribution < 1.29 is 18.8 Å². The maximum Gasteiger partial charge on any atom is 0.338 e. The third-order valence-electron chi connectivity index (χ3n) is 15.8. The number of benzene rings is 1. The summed E-state index contributed by atoms with van der Waals surface area (Å²) in [6, 6.07) is 9.49. The van der Waals surface area contributed by atoms with Crippen LogP contribution in [0, 0.1) is 56.7 Å². The summed E-state index contributed by atoms with van der Waals surface area (Å²) in [7, 11) is 0. The van der Waals surface area contributed by atoms with Crippen LogP contribution in [0.2, 0.25) is 0 Å². The van der Waals surface area contributed by atoms with Gasteiger partial charge in [0.2, 0.25) is 0 Å². The molecule has 4 saturated carbocycles. The quantitative estimate of drug-likeness (QED) is 0.220. The van der Waals surface area contributed by atoms with E-state index in [1.807, 2.05) is 36.6 Å². The number of fused-ring (bicyclic) bond motifs is 7. The summed E-state index contributed by atoms with van der Waals surface area (Å²) in [6.45, 7) is 22.1. The zero-order valence-corrected chi connectivity index (χ0v) is 30.4. The Balaban J connectivity index is 1.21. The summed E-state index contributed by atoms with van der Waals surface area (Å²) in [5.41, 5.74) is 4.92. The number of ether oxygens (including phenoxy) is 1. The van der Waals surface area contributed by atoms with Gasteiger partial charge in [0.25, 0.3) is 6.29 Å². The minimum absolute atomic E-state index is 0.0267. The summed E-state index contributed by atoms with van der Waals surface area (Å²) in [5.74, 6) is 3.31. The normalized spacial score (nSPS) is 39.6. The van der Waals surface area contributed by atoms with Crippen LogP contribution in [0.1, 0.15) is 134 Å². The average molecular weight is 651 g/mol. The third kappa shape index (κ3) is 4.57. The zero-order chi connectivity index (χ0) is 34.3. The smallest absolute Gasteiger partial charge is 0.338 e. The minimum atomic E-state index is -0.193. The molecule has 257 valence electrons. The van der Waals surface area contributed by atoms with E-state index in [9.17, 15) is 9.59 Å². The lowest BCUT2D eigenvalue weighted by Crippen LogP contribution is -2.65. The summed E-state index contributed by atoms with van der Waals surface area (Å²) in [6.07, 6.45) is 15.7. The fourth-order valence-electron chi connectivity index (χ4n) is 13.3. The summed E-state index contributed by atoms with van der Waals surface area (Å²) in [4.78, 5) is 24.8. The first-order valence-corrected chi connectivity index (χ1v) is 18.7. The topological polar surface area (TPSA) is 69.4 Å².